The van der Waals surface area contributed by atoms with Crippen LogP contribution in [0.15, 0.2) is 53.5 Å². The summed E-state index contributed by atoms with van der Waals surface area (Å²) in [5.74, 6) is 0.502. The highest BCUT2D eigenvalue weighted by Gasteiger charge is 2.29. The number of nitrogens with two attached hydrogens (primary N) is 2. The third kappa shape index (κ3) is 3.42. The molecule has 6 N–H and O–H groups in total. The van der Waals surface area contributed by atoms with Crippen LogP contribution in [0.5, 0.6) is 0 Å². The molecule has 0 saturated carbocycles. The van der Waals surface area contributed by atoms with Crippen LogP contribution in [-0.4, -0.2) is 10.9 Å². The standard InChI is InChI=1S/C22H15N9/c23-9-12-3-1-4-13(7-12)14-5-2-6-15(8-14)19-17-18(26)16(10-24)20(27)30-21(17)31-22(29-19)28-11-25/h1-8,19H,(H6,26,27,28,29,30,31). The van der Waals surface area contributed by atoms with Gasteiger partial charge in [-0.25, -0.2) is 9.98 Å². The van der Waals surface area contributed by atoms with E-state index in [1.807, 2.05) is 48.7 Å². The van der Waals surface area contributed by atoms with Gasteiger partial charge in [-0.1, -0.05) is 30.3 Å². The SMILES string of the molecule is N#CNC1=NC(c2cccc(-c3cccc(C#N)c3)c2)c2c(nc(N)c(C#N)c2N)N1. The number of guanidine groups is 1. The highest BCUT2D eigenvalue weighted by molar-refractivity contribution is 5.98. The molecule has 2 aromatic carbocycles. The molecule has 1 aliphatic rings. The van der Waals surface area contributed by atoms with Crippen LogP contribution in [0.1, 0.15) is 28.3 Å². The Morgan fingerprint density at radius 3 is 2.42 bits per heavy atom. The molecular formula is C22H15N9. The van der Waals surface area contributed by atoms with Crippen LogP contribution in [-0.2, 0) is 0 Å². The van der Waals surface area contributed by atoms with Gasteiger partial charge < -0.3 is 16.8 Å². The van der Waals surface area contributed by atoms with Gasteiger partial charge in [0, 0.05) is 5.56 Å². The summed E-state index contributed by atoms with van der Waals surface area (Å²) in [5.41, 5.74) is 16.0. The number of anilines is 3. The van der Waals surface area contributed by atoms with Crippen molar-refractivity contribution in [3.8, 4) is 29.5 Å². The highest BCUT2D eigenvalue weighted by Crippen LogP contribution is 2.41. The largest absolute Gasteiger partial charge is 0.397 e. The van der Waals surface area contributed by atoms with Gasteiger partial charge in [-0.15, -0.1) is 0 Å². The Hall–Kier alpha value is -5.07. The van der Waals surface area contributed by atoms with Gasteiger partial charge in [-0.05, 0) is 34.9 Å². The number of hydrogen-bond donors (Lipinski definition) is 4. The average Bonchev–Trinajstić information content (AvgIpc) is 2.79. The molecule has 1 atom stereocenters. The van der Waals surface area contributed by atoms with Crippen molar-refractivity contribution in [2.24, 2.45) is 4.99 Å². The normalized spacial score (nSPS) is 14.1. The summed E-state index contributed by atoms with van der Waals surface area (Å²) in [6, 6.07) is 18.3. The number of hydrogen-bond acceptors (Lipinski definition) is 9. The zero-order valence-corrected chi connectivity index (χ0v) is 16.1. The summed E-state index contributed by atoms with van der Waals surface area (Å²) in [4.78, 5) is 8.82. The van der Waals surface area contributed by atoms with Crippen molar-refractivity contribution >= 4 is 23.3 Å². The Balaban J connectivity index is 1.89. The van der Waals surface area contributed by atoms with E-state index in [9.17, 15) is 10.5 Å². The minimum Gasteiger partial charge on any atom is -0.397 e. The number of fused-ring (bicyclic) bond motifs is 1. The number of nitriles is 3. The Morgan fingerprint density at radius 1 is 0.968 bits per heavy atom. The van der Waals surface area contributed by atoms with Gasteiger partial charge in [0.25, 0.3) is 0 Å². The average molecular weight is 405 g/mol. The predicted octanol–water partition coefficient (Wildman–Crippen LogP) is 2.60. The minimum absolute atomic E-state index is 0.00900. The molecule has 0 spiro atoms. The summed E-state index contributed by atoms with van der Waals surface area (Å²) in [7, 11) is 0. The molecule has 9 heteroatoms. The molecule has 1 aromatic heterocycles. The number of aliphatic imine (C=N–C) groups is 1. The van der Waals surface area contributed by atoms with E-state index in [1.54, 1.807) is 12.1 Å². The number of pyridine rings is 1. The second-order valence-electron chi connectivity index (χ2n) is 6.72. The van der Waals surface area contributed by atoms with Crippen molar-refractivity contribution in [3.63, 3.8) is 0 Å². The second-order valence-corrected chi connectivity index (χ2v) is 6.72. The monoisotopic (exact) mass is 405 g/mol. The fraction of sp³-hybridized carbons (Fsp3) is 0.0455. The highest BCUT2D eigenvalue weighted by atomic mass is 15.2. The molecule has 3 aromatic rings. The van der Waals surface area contributed by atoms with Gasteiger partial charge in [-0.3, -0.25) is 5.32 Å². The van der Waals surface area contributed by atoms with Crippen LogP contribution < -0.4 is 22.1 Å². The molecule has 0 aliphatic carbocycles. The molecule has 0 bridgehead atoms. The smallest absolute Gasteiger partial charge is 0.211 e. The summed E-state index contributed by atoms with van der Waals surface area (Å²) in [5, 5.41) is 33.0. The van der Waals surface area contributed by atoms with Crippen LogP contribution in [0.2, 0.25) is 0 Å². The maximum Gasteiger partial charge on any atom is 0.211 e. The van der Waals surface area contributed by atoms with Crippen LogP contribution in [0.25, 0.3) is 11.1 Å². The van der Waals surface area contributed by atoms with Crippen LogP contribution in [0, 0.1) is 34.1 Å². The molecule has 0 amide bonds. The van der Waals surface area contributed by atoms with Gasteiger partial charge in [-0.2, -0.15) is 15.8 Å². The number of aromatic nitrogens is 1. The van der Waals surface area contributed by atoms with Crippen molar-refractivity contribution < 1.29 is 0 Å². The van der Waals surface area contributed by atoms with Crippen molar-refractivity contribution in [1.29, 1.82) is 15.8 Å². The first-order valence-electron chi connectivity index (χ1n) is 9.15. The lowest BCUT2D eigenvalue weighted by Gasteiger charge is -2.26. The maximum atomic E-state index is 9.45. The molecular weight excluding hydrogens is 390 g/mol. The molecule has 31 heavy (non-hydrogen) atoms. The Kier molecular flexibility index (Phi) is 4.81. The Bertz CT molecular complexity index is 1350. The fourth-order valence-corrected chi connectivity index (χ4v) is 3.48. The van der Waals surface area contributed by atoms with Crippen molar-refractivity contribution in [3.05, 3.63) is 70.8 Å². The number of nitrogens with one attached hydrogen (secondary N) is 2. The summed E-state index contributed by atoms with van der Waals surface area (Å²) < 4.78 is 0. The first-order valence-corrected chi connectivity index (χ1v) is 9.15. The summed E-state index contributed by atoms with van der Waals surface area (Å²) >= 11 is 0. The Labute approximate surface area is 177 Å². The lowest BCUT2D eigenvalue weighted by atomic mass is 9.92. The third-order valence-corrected chi connectivity index (χ3v) is 4.88. The van der Waals surface area contributed by atoms with Crippen LogP contribution >= 0.6 is 0 Å². The Morgan fingerprint density at radius 2 is 1.71 bits per heavy atom. The molecule has 9 nitrogen and oxygen atoms in total. The number of nitrogen functional groups attached to an aromatic ring is 2. The lowest BCUT2D eigenvalue weighted by Crippen LogP contribution is -2.32. The molecule has 4 rings (SSSR count). The van der Waals surface area contributed by atoms with E-state index in [0.717, 1.165) is 16.7 Å². The van der Waals surface area contributed by atoms with E-state index < -0.39 is 6.04 Å². The van der Waals surface area contributed by atoms with Crippen LogP contribution in [0.4, 0.5) is 17.3 Å². The molecule has 0 saturated heterocycles. The maximum absolute atomic E-state index is 9.45. The summed E-state index contributed by atoms with van der Waals surface area (Å²) in [6.07, 6.45) is 1.83. The molecule has 1 unspecified atom stereocenters. The van der Waals surface area contributed by atoms with E-state index in [-0.39, 0.29) is 23.0 Å². The van der Waals surface area contributed by atoms with E-state index in [1.165, 1.54) is 0 Å². The van der Waals surface area contributed by atoms with Gasteiger partial charge >= 0.3 is 0 Å². The van der Waals surface area contributed by atoms with E-state index in [2.05, 4.69) is 26.7 Å². The third-order valence-electron chi connectivity index (χ3n) is 4.88. The lowest BCUT2D eigenvalue weighted by molar-refractivity contribution is 0.847. The number of nitrogens with zero attached hydrogens (tertiary/aromatic N) is 5. The second kappa shape index (κ2) is 7.75. The zero-order chi connectivity index (χ0) is 22.0. The van der Waals surface area contributed by atoms with Crippen LogP contribution in [0.3, 0.4) is 0 Å². The van der Waals surface area contributed by atoms with Crippen molar-refractivity contribution in [2.45, 2.75) is 6.04 Å². The van der Waals surface area contributed by atoms with Crippen molar-refractivity contribution in [2.75, 3.05) is 16.8 Å². The quantitative estimate of drug-likeness (QED) is 0.372. The van der Waals surface area contributed by atoms with Gasteiger partial charge in [0.2, 0.25) is 5.96 Å². The number of rotatable bonds is 2. The predicted molar refractivity (Wildman–Crippen MR) is 116 cm³/mol. The summed E-state index contributed by atoms with van der Waals surface area (Å²) in [6.45, 7) is 0. The topological polar surface area (TPSA) is 173 Å². The first-order chi connectivity index (χ1) is 15.0. The minimum atomic E-state index is -0.633. The zero-order valence-electron chi connectivity index (χ0n) is 16.1. The van der Waals surface area contributed by atoms with E-state index >= 15 is 0 Å². The van der Waals surface area contributed by atoms with E-state index in [4.69, 9.17) is 16.7 Å². The van der Waals surface area contributed by atoms with Crippen molar-refractivity contribution in [1.82, 2.24) is 10.3 Å². The van der Waals surface area contributed by atoms with Gasteiger partial charge in [0.1, 0.15) is 29.3 Å². The first kappa shape index (κ1) is 19.3. The van der Waals surface area contributed by atoms with E-state index in [0.29, 0.717) is 16.9 Å². The molecule has 0 fully saturated rings. The molecule has 2 heterocycles. The van der Waals surface area contributed by atoms with Gasteiger partial charge in [0.15, 0.2) is 6.19 Å². The number of benzene rings is 2. The fourth-order valence-electron chi connectivity index (χ4n) is 3.48. The molecule has 1 aliphatic heterocycles. The molecule has 148 valence electrons. The molecule has 0 radical (unpaired) electrons. The van der Waals surface area contributed by atoms with Gasteiger partial charge in [0.05, 0.1) is 17.3 Å².